The van der Waals surface area contributed by atoms with E-state index in [0.717, 1.165) is 30.7 Å². The van der Waals surface area contributed by atoms with Gasteiger partial charge in [0.05, 0.1) is 0 Å². The molecule has 4 aliphatic rings. The van der Waals surface area contributed by atoms with Crippen LogP contribution in [0.2, 0.25) is 0 Å². The minimum atomic E-state index is 0.586. The van der Waals surface area contributed by atoms with Crippen LogP contribution in [0.1, 0.15) is 44.9 Å². The van der Waals surface area contributed by atoms with Crippen molar-refractivity contribution in [2.24, 2.45) is 28.3 Å². The first-order chi connectivity index (χ1) is 7.30. The standard InChI is InChI=1S/C12H19N3/c13-15-14-2-1-12-6-9-3-10(7-12)5-11(4-9)8-12/h9-11H,1-8H2. The van der Waals surface area contributed by atoms with Gasteiger partial charge >= 0.3 is 0 Å². The summed E-state index contributed by atoms with van der Waals surface area (Å²) in [7, 11) is 0. The fourth-order valence-corrected chi connectivity index (χ4v) is 4.93. The molecule has 0 spiro atoms. The van der Waals surface area contributed by atoms with Crippen molar-refractivity contribution in [1.29, 1.82) is 0 Å². The van der Waals surface area contributed by atoms with Gasteiger partial charge in [-0.05, 0) is 73.6 Å². The molecule has 0 saturated heterocycles. The first kappa shape index (κ1) is 9.53. The largest absolute Gasteiger partial charge is 0.0940 e. The Hall–Kier alpha value is -0.690. The molecule has 4 aliphatic carbocycles. The van der Waals surface area contributed by atoms with Crippen LogP contribution in [0, 0.1) is 23.2 Å². The van der Waals surface area contributed by atoms with E-state index in [9.17, 15) is 0 Å². The maximum atomic E-state index is 8.34. The van der Waals surface area contributed by atoms with Gasteiger partial charge in [-0.15, -0.1) is 0 Å². The number of hydrogen-bond donors (Lipinski definition) is 0. The van der Waals surface area contributed by atoms with Crippen molar-refractivity contribution in [1.82, 2.24) is 0 Å². The quantitative estimate of drug-likeness (QED) is 0.381. The summed E-state index contributed by atoms with van der Waals surface area (Å²) in [6, 6.07) is 0. The van der Waals surface area contributed by atoms with Crippen molar-refractivity contribution >= 4 is 0 Å². The third-order valence-electron chi connectivity index (χ3n) is 4.97. The average molecular weight is 205 g/mol. The molecule has 15 heavy (non-hydrogen) atoms. The van der Waals surface area contributed by atoms with Crippen LogP contribution in [0.5, 0.6) is 0 Å². The van der Waals surface area contributed by atoms with E-state index in [1.54, 1.807) is 0 Å². The van der Waals surface area contributed by atoms with Crippen LogP contribution >= 0.6 is 0 Å². The summed E-state index contributed by atoms with van der Waals surface area (Å²) in [5.74, 6) is 3.05. The lowest BCUT2D eigenvalue weighted by molar-refractivity contribution is -0.0557. The maximum absolute atomic E-state index is 8.34. The number of nitrogens with zero attached hydrogens (tertiary/aromatic N) is 3. The van der Waals surface area contributed by atoms with E-state index < -0.39 is 0 Å². The van der Waals surface area contributed by atoms with Crippen molar-refractivity contribution in [3.05, 3.63) is 10.4 Å². The molecule has 4 saturated carbocycles. The van der Waals surface area contributed by atoms with Gasteiger partial charge in [0, 0.05) is 11.5 Å². The second-order valence-corrected chi connectivity index (χ2v) is 6.12. The normalized spacial score (nSPS) is 46.5. The minimum Gasteiger partial charge on any atom is -0.0940 e. The van der Waals surface area contributed by atoms with Crippen molar-refractivity contribution in [3.63, 3.8) is 0 Å². The lowest BCUT2D eigenvalue weighted by Crippen LogP contribution is -2.46. The van der Waals surface area contributed by atoms with Crippen LogP contribution in [0.25, 0.3) is 10.4 Å². The Bertz CT molecular complexity index is 269. The molecule has 0 radical (unpaired) electrons. The van der Waals surface area contributed by atoms with E-state index in [2.05, 4.69) is 10.0 Å². The van der Waals surface area contributed by atoms with Crippen LogP contribution in [0.4, 0.5) is 0 Å². The Labute approximate surface area is 90.9 Å². The van der Waals surface area contributed by atoms with Crippen LogP contribution < -0.4 is 0 Å². The third-order valence-corrected chi connectivity index (χ3v) is 4.97. The Balaban J connectivity index is 1.72. The number of hydrogen-bond acceptors (Lipinski definition) is 1. The smallest absolute Gasteiger partial charge is 0.0263 e. The lowest BCUT2D eigenvalue weighted by atomic mass is 9.49. The Kier molecular flexibility index (Phi) is 2.17. The van der Waals surface area contributed by atoms with Gasteiger partial charge in [-0.1, -0.05) is 5.11 Å². The summed E-state index contributed by atoms with van der Waals surface area (Å²) in [6.45, 7) is 0.725. The van der Waals surface area contributed by atoms with E-state index in [4.69, 9.17) is 5.53 Å². The number of rotatable bonds is 3. The fraction of sp³-hybridized carbons (Fsp3) is 1.00. The molecule has 0 aromatic carbocycles. The van der Waals surface area contributed by atoms with Crippen LogP contribution in [0.15, 0.2) is 5.11 Å². The van der Waals surface area contributed by atoms with Crippen molar-refractivity contribution in [2.75, 3.05) is 6.54 Å². The maximum Gasteiger partial charge on any atom is 0.0263 e. The summed E-state index contributed by atoms with van der Waals surface area (Å²) in [5, 5.41) is 3.73. The number of azide groups is 1. The van der Waals surface area contributed by atoms with Gasteiger partial charge in [0.1, 0.15) is 0 Å². The fourth-order valence-electron chi connectivity index (χ4n) is 4.93. The molecular weight excluding hydrogens is 186 g/mol. The Morgan fingerprint density at radius 3 is 2.07 bits per heavy atom. The van der Waals surface area contributed by atoms with E-state index in [1.165, 1.54) is 38.5 Å². The summed E-state index contributed by atoms with van der Waals surface area (Å²) in [6.07, 6.45) is 9.95. The van der Waals surface area contributed by atoms with Crippen molar-refractivity contribution in [3.8, 4) is 0 Å². The van der Waals surface area contributed by atoms with E-state index in [1.807, 2.05) is 0 Å². The molecule has 0 aromatic rings. The molecule has 4 bridgehead atoms. The molecule has 0 heterocycles. The molecule has 0 aliphatic heterocycles. The van der Waals surface area contributed by atoms with E-state index >= 15 is 0 Å². The highest BCUT2D eigenvalue weighted by molar-refractivity contribution is 5.01. The monoisotopic (exact) mass is 205 g/mol. The molecule has 0 amide bonds. The zero-order chi connectivity index (χ0) is 10.3. The molecule has 3 heteroatoms. The van der Waals surface area contributed by atoms with Gasteiger partial charge in [-0.25, -0.2) is 0 Å². The lowest BCUT2D eigenvalue weighted by Gasteiger charge is -2.57. The van der Waals surface area contributed by atoms with Crippen LogP contribution in [0.3, 0.4) is 0 Å². The molecule has 0 unspecified atom stereocenters. The predicted octanol–water partition coefficient (Wildman–Crippen LogP) is 3.90. The summed E-state index contributed by atoms with van der Waals surface area (Å²) >= 11 is 0. The zero-order valence-corrected chi connectivity index (χ0v) is 9.23. The van der Waals surface area contributed by atoms with Gasteiger partial charge < -0.3 is 0 Å². The SMILES string of the molecule is [N-]=[N+]=NCCC12CC3CC(CC(C3)C1)C2. The predicted molar refractivity (Wildman–Crippen MR) is 59.2 cm³/mol. The molecule has 4 fully saturated rings. The van der Waals surface area contributed by atoms with E-state index in [0.29, 0.717) is 5.41 Å². The molecule has 0 atom stereocenters. The summed E-state index contributed by atoms with van der Waals surface area (Å²) in [5.41, 5.74) is 8.92. The van der Waals surface area contributed by atoms with Gasteiger partial charge in [0.2, 0.25) is 0 Å². The van der Waals surface area contributed by atoms with Crippen molar-refractivity contribution in [2.45, 2.75) is 44.9 Å². The Morgan fingerprint density at radius 1 is 1.07 bits per heavy atom. The van der Waals surface area contributed by atoms with Gasteiger partial charge in [-0.3, -0.25) is 0 Å². The second kappa shape index (κ2) is 3.41. The van der Waals surface area contributed by atoms with E-state index in [-0.39, 0.29) is 0 Å². The van der Waals surface area contributed by atoms with Crippen LogP contribution in [-0.4, -0.2) is 6.54 Å². The molecule has 4 rings (SSSR count). The molecular formula is C12H19N3. The molecule has 82 valence electrons. The van der Waals surface area contributed by atoms with Gasteiger partial charge in [0.15, 0.2) is 0 Å². The van der Waals surface area contributed by atoms with Crippen molar-refractivity contribution < 1.29 is 0 Å². The first-order valence-corrected chi connectivity index (χ1v) is 6.30. The summed E-state index contributed by atoms with van der Waals surface area (Å²) < 4.78 is 0. The molecule has 3 nitrogen and oxygen atoms in total. The topological polar surface area (TPSA) is 48.8 Å². The first-order valence-electron chi connectivity index (χ1n) is 6.30. The van der Waals surface area contributed by atoms with Gasteiger partial charge in [0.25, 0.3) is 0 Å². The highest BCUT2D eigenvalue weighted by Gasteiger charge is 2.50. The average Bonchev–Trinajstić information content (AvgIpc) is 2.15. The third kappa shape index (κ3) is 1.63. The summed E-state index contributed by atoms with van der Waals surface area (Å²) in [4.78, 5) is 2.88. The Morgan fingerprint density at radius 2 is 1.60 bits per heavy atom. The highest BCUT2D eigenvalue weighted by Crippen LogP contribution is 2.61. The zero-order valence-electron chi connectivity index (χ0n) is 9.23. The highest BCUT2D eigenvalue weighted by atomic mass is 15.1. The molecule has 0 aromatic heterocycles. The van der Waals surface area contributed by atoms with Gasteiger partial charge in [-0.2, -0.15) is 0 Å². The second-order valence-electron chi connectivity index (χ2n) is 6.12. The minimum absolute atomic E-state index is 0.586. The molecule has 0 N–H and O–H groups in total. The van der Waals surface area contributed by atoms with Crippen LogP contribution in [-0.2, 0) is 0 Å².